The van der Waals surface area contributed by atoms with Crippen LogP contribution in [0.3, 0.4) is 0 Å². The number of benzene rings is 1. The number of pyridine rings is 1. The molecule has 1 aliphatic rings. The second kappa shape index (κ2) is 7.41. The average Bonchev–Trinajstić information content (AvgIpc) is 2.91. The maximum atomic E-state index is 12.7. The fraction of sp³-hybridized carbons (Fsp3) is 0.300. The number of hydrogen-bond acceptors (Lipinski definition) is 4. The van der Waals surface area contributed by atoms with Crippen LogP contribution in [0.2, 0.25) is 0 Å². The molecule has 1 aromatic carbocycles. The molecule has 2 aromatic heterocycles. The van der Waals surface area contributed by atoms with Gasteiger partial charge >= 0.3 is 0 Å². The summed E-state index contributed by atoms with van der Waals surface area (Å²) in [5, 5.41) is 0. The second-order valence-electron chi connectivity index (χ2n) is 6.41. The monoisotopic (exact) mass is 367 g/mol. The van der Waals surface area contributed by atoms with Gasteiger partial charge in [0, 0.05) is 24.7 Å². The maximum Gasteiger partial charge on any atom is 0.237 e. The number of thioether (sulfide) groups is 1. The molecule has 0 bridgehead atoms. The van der Waals surface area contributed by atoms with Crippen molar-refractivity contribution in [3.8, 4) is 5.75 Å². The third-order valence-corrected chi connectivity index (χ3v) is 5.32. The third kappa shape index (κ3) is 3.55. The number of ether oxygens (including phenoxy) is 1. The quantitative estimate of drug-likeness (QED) is 0.706. The number of fused-ring (bicyclic) bond motifs is 2. The van der Waals surface area contributed by atoms with Gasteiger partial charge in [-0.15, -0.1) is 11.8 Å². The molecule has 3 heterocycles. The van der Waals surface area contributed by atoms with Crippen molar-refractivity contribution < 1.29 is 9.53 Å². The Morgan fingerprint density at radius 2 is 2.12 bits per heavy atom. The van der Waals surface area contributed by atoms with Crippen LogP contribution in [0.15, 0.2) is 48.8 Å². The van der Waals surface area contributed by atoms with Gasteiger partial charge in [0.2, 0.25) is 5.91 Å². The molecule has 0 radical (unpaired) electrons. The fourth-order valence-corrected chi connectivity index (χ4v) is 3.91. The number of amides is 1. The first kappa shape index (κ1) is 17.0. The molecule has 0 spiro atoms. The summed E-state index contributed by atoms with van der Waals surface area (Å²) in [5.41, 5.74) is 4.01. The van der Waals surface area contributed by atoms with Gasteiger partial charge in [0.25, 0.3) is 0 Å². The first-order valence-electron chi connectivity index (χ1n) is 8.75. The number of aryl methyl sites for hydroxylation is 1. The van der Waals surface area contributed by atoms with Gasteiger partial charge in [-0.05, 0) is 37.1 Å². The molecule has 0 unspecified atom stereocenters. The highest BCUT2D eigenvalue weighted by Crippen LogP contribution is 2.31. The van der Waals surface area contributed by atoms with Crippen molar-refractivity contribution in [1.82, 2.24) is 9.38 Å². The number of carbonyl (C=O) groups excluding carboxylic acids is 1. The van der Waals surface area contributed by atoms with E-state index >= 15 is 0 Å². The molecule has 3 aromatic rings. The fourth-order valence-electron chi connectivity index (χ4n) is 3.13. The van der Waals surface area contributed by atoms with Crippen LogP contribution in [0.5, 0.6) is 5.75 Å². The molecule has 0 aliphatic carbocycles. The van der Waals surface area contributed by atoms with Crippen molar-refractivity contribution >= 4 is 29.0 Å². The Kier molecular flexibility index (Phi) is 4.84. The molecule has 1 aliphatic heterocycles. The molecule has 0 saturated heterocycles. The summed E-state index contributed by atoms with van der Waals surface area (Å²) in [7, 11) is 0. The summed E-state index contributed by atoms with van der Waals surface area (Å²) in [6.45, 7) is 3.41. The predicted octanol–water partition coefficient (Wildman–Crippen LogP) is 3.69. The van der Waals surface area contributed by atoms with Crippen LogP contribution >= 0.6 is 11.8 Å². The van der Waals surface area contributed by atoms with Crippen LogP contribution < -0.4 is 9.64 Å². The molecule has 4 rings (SSSR count). The number of para-hydroxylation sites is 2. The molecule has 1 amide bonds. The molecule has 6 heteroatoms. The number of nitrogens with zero attached hydrogens (tertiary/aromatic N) is 3. The zero-order valence-electron chi connectivity index (χ0n) is 14.7. The predicted molar refractivity (Wildman–Crippen MR) is 105 cm³/mol. The summed E-state index contributed by atoms with van der Waals surface area (Å²) < 4.78 is 7.77. The summed E-state index contributed by atoms with van der Waals surface area (Å²) in [5.74, 6) is 2.06. The molecule has 134 valence electrons. The first-order valence-corrected chi connectivity index (χ1v) is 9.90. The molecule has 0 atom stereocenters. The van der Waals surface area contributed by atoms with Crippen LogP contribution in [-0.4, -0.2) is 34.2 Å². The Morgan fingerprint density at radius 1 is 1.23 bits per heavy atom. The lowest BCUT2D eigenvalue weighted by atomic mass is 10.2. The van der Waals surface area contributed by atoms with E-state index in [4.69, 9.17) is 4.74 Å². The minimum atomic E-state index is 0.118. The number of carbonyl (C=O) groups is 1. The zero-order chi connectivity index (χ0) is 17.9. The van der Waals surface area contributed by atoms with E-state index in [9.17, 15) is 4.79 Å². The van der Waals surface area contributed by atoms with Gasteiger partial charge < -0.3 is 14.0 Å². The Balaban J connectivity index is 1.40. The zero-order valence-corrected chi connectivity index (χ0v) is 15.5. The first-order chi connectivity index (χ1) is 12.7. The van der Waals surface area contributed by atoms with Crippen LogP contribution in [0, 0.1) is 6.92 Å². The Labute approximate surface area is 157 Å². The van der Waals surface area contributed by atoms with Crippen LogP contribution in [0.25, 0.3) is 5.65 Å². The van der Waals surface area contributed by atoms with Crippen molar-refractivity contribution in [3.63, 3.8) is 0 Å². The second-order valence-corrected chi connectivity index (χ2v) is 7.40. The average molecular weight is 367 g/mol. The summed E-state index contributed by atoms with van der Waals surface area (Å²) in [6.07, 6.45) is 4.95. The Bertz CT molecular complexity index is 938. The summed E-state index contributed by atoms with van der Waals surface area (Å²) >= 11 is 1.60. The van der Waals surface area contributed by atoms with Crippen molar-refractivity contribution in [3.05, 3.63) is 60.0 Å². The smallest absolute Gasteiger partial charge is 0.237 e. The molecular weight excluding hydrogens is 346 g/mol. The van der Waals surface area contributed by atoms with Crippen molar-refractivity contribution in [2.45, 2.75) is 19.1 Å². The van der Waals surface area contributed by atoms with E-state index in [1.54, 1.807) is 11.8 Å². The largest absolute Gasteiger partial charge is 0.491 e. The minimum absolute atomic E-state index is 0.118. The van der Waals surface area contributed by atoms with Gasteiger partial charge in [-0.3, -0.25) is 4.79 Å². The summed E-state index contributed by atoms with van der Waals surface area (Å²) in [4.78, 5) is 19.2. The van der Waals surface area contributed by atoms with E-state index in [2.05, 4.69) is 24.2 Å². The number of hydrogen-bond donors (Lipinski definition) is 0. The molecule has 0 saturated carbocycles. The van der Waals surface area contributed by atoms with Gasteiger partial charge in [-0.25, -0.2) is 4.98 Å². The van der Waals surface area contributed by atoms with Gasteiger partial charge in [0.15, 0.2) is 0 Å². The van der Waals surface area contributed by atoms with Gasteiger partial charge in [0.05, 0.1) is 23.7 Å². The normalized spacial score (nSPS) is 14.0. The Hall–Kier alpha value is -2.47. The SMILES string of the molecule is Cc1ccc2nc(CSCC(=O)N3CCCOc4ccccc43)cn2c1. The number of anilines is 1. The van der Waals surface area contributed by atoms with E-state index in [1.807, 2.05) is 45.8 Å². The lowest BCUT2D eigenvalue weighted by molar-refractivity contribution is -0.116. The lowest BCUT2D eigenvalue weighted by Gasteiger charge is -2.21. The van der Waals surface area contributed by atoms with Gasteiger partial charge in [0.1, 0.15) is 11.4 Å². The van der Waals surface area contributed by atoms with Crippen molar-refractivity contribution in [2.75, 3.05) is 23.8 Å². The number of imidazole rings is 1. The highest BCUT2D eigenvalue weighted by atomic mass is 32.2. The maximum absolute atomic E-state index is 12.7. The number of aromatic nitrogens is 2. The van der Waals surface area contributed by atoms with E-state index in [0.717, 1.165) is 35.0 Å². The van der Waals surface area contributed by atoms with E-state index in [0.29, 0.717) is 18.9 Å². The molecule has 5 nitrogen and oxygen atoms in total. The van der Waals surface area contributed by atoms with E-state index in [-0.39, 0.29) is 5.91 Å². The standard InChI is InChI=1S/C20H21N3O2S/c1-15-7-8-19-21-16(12-22(19)11-15)13-26-14-20(24)23-9-4-10-25-18-6-3-2-5-17(18)23/h2-3,5-8,11-12H,4,9-10,13-14H2,1H3. The van der Waals surface area contributed by atoms with E-state index < -0.39 is 0 Å². The molecule has 26 heavy (non-hydrogen) atoms. The Morgan fingerprint density at radius 3 is 3.04 bits per heavy atom. The van der Waals surface area contributed by atoms with Crippen molar-refractivity contribution in [1.29, 1.82) is 0 Å². The molecule has 0 fully saturated rings. The van der Waals surface area contributed by atoms with Gasteiger partial charge in [-0.2, -0.15) is 0 Å². The summed E-state index contributed by atoms with van der Waals surface area (Å²) in [6, 6.07) is 11.8. The number of rotatable bonds is 4. The van der Waals surface area contributed by atoms with Crippen LogP contribution in [0.1, 0.15) is 17.7 Å². The van der Waals surface area contributed by atoms with Crippen molar-refractivity contribution in [2.24, 2.45) is 0 Å². The van der Waals surface area contributed by atoms with Crippen LogP contribution in [0.4, 0.5) is 5.69 Å². The highest BCUT2D eigenvalue weighted by molar-refractivity contribution is 7.99. The van der Waals surface area contributed by atoms with Crippen LogP contribution in [-0.2, 0) is 10.5 Å². The molecule has 0 N–H and O–H groups in total. The minimum Gasteiger partial charge on any atom is -0.491 e. The van der Waals surface area contributed by atoms with E-state index in [1.165, 1.54) is 5.56 Å². The topological polar surface area (TPSA) is 46.8 Å². The lowest BCUT2D eigenvalue weighted by Crippen LogP contribution is -2.33. The molecular formula is C20H21N3O2S. The van der Waals surface area contributed by atoms with Gasteiger partial charge in [-0.1, -0.05) is 18.2 Å². The highest BCUT2D eigenvalue weighted by Gasteiger charge is 2.21. The third-order valence-electron chi connectivity index (χ3n) is 4.37.